The van der Waals surface area contributed by atoms with Crippen LogP contribution in [0.25, 0.3) is 27.5 Å². The Labute approximate surface area is 153 Å². The van der Waals surface area contributed by atoms with E-state index < -0.39 is 0 Å². The van der Waals surface area contributed by atoms with Gasteiger partial charge in [0.2, 0.25) is 0 Å². The summed E-state index contributed by atoms with van der Waals surface area (Å²) in [5.74, 6) is 0. The first-order valence-electron chi connectivity index (χ1n) is 8.62. The Bertz CT molecular complexity index is 1130. The lowest BCUT2D eigenvalue weighted by Crippen LogP contribution is -1.96. The molecule has 2 nitrogen and oxygen atoms in total. The first-order chi connectivity index (χ1) is 12.8. The van der Waals surface area contributed by atoms with Crippen LogP contribution in [-0.2, 0) is 0 Å². The number of anilines is 1. The molecule has 0 saturated carbocycles. The Hall–Kier alpha value is -3.52. The topological polar surface area (TPSA) is 17.0 Å². The first kappa shape index (κ1) is 16.0. The van der Waals surface area contributed by atoms with Crippen LogP contribution in [0.1, 0.15) is 0 Å². The van der Waals surface area contributed by atoms with Gasteiger partial charge in [0.05, 0.1) is 11.0 Å². The quantitative estimate of drug-likeness (QED) is 0.414. The van der Waals surface area contributed by atoms with Gasteiger partial charge in [-0.1, -0.05) is 55.6 Å². The number of fused-ring (bicyclic) bond motifs is 3. The van der Waals surface area contributed by atoms with Crippen molar-refractivity contribution in [2.45, 2.75) is 0 Å². The molecule has 3 aromatic carbocycles. The molecule has 126 valence electrons. The van der Waals surface area contributed by atoms with Gasteiger partial charge in [-0.3, -0.25) is 0 Å². The van der Waals surface area contributed by atoms with E-state index in [1.807, 2.05) is 12.1 Å². The average molecular weight is 336 g/mol. The Morgan fingerprint density at radius 3 is 2.31 bits per heavy atom. The summed E-state index contributed by atoms with van der Waals surface area (Å²) in [6.45, 7) is 7.60. The molecule has 2 heteroatoms. The van der Waals surface area contributed by atoms with Gasteiger partial charge in [-0.05, 0) is 48.6 Å². The SMILES string of the molecule is C=C/C=C(\C=C)Nc1ccc2c(c1)c1ccccc1n2-c1ccccc1. The second-order valence-electron chi connectivity index (χ2n) is 6.11. The lowest BCUT2D eigenvalue weighted by atomic mass is 10.1. The number of allylic oxidation sites excluding steroid dienone is 3. The predicted octanol–water partition coefficient (Wildman–Crippen LogP) is 6.45. The lowest BCUT2D eigenvalue weighted by Gasteiger charge is -2.09. The van der Waals surface area contributed by atoms with Crippen LogP contribution in [-0.4, -0.2) is 4.57 Å². The van der Waals surface area contributed by atoms with Gasteiger partial charge in [-0.15, -0.1) is 0 Å². The van der Waals surface area contributed by atoms with E-state index in [1.165, 1.54) is 21.8 Å². The largest absolute Gasteiger partial charge is 0.356 e. The first-order valence-corrected chi connectivity index (χ1v) is 8.62. The van der Waals surface area contributed by atoms with E-state index in [0.717, 1.165) is 17.1 Å². The van der Waals surface area contributed by atoms with Crippen molar-refractivity contribution < 1.29 is 0 Å². The molecule has 26 heavy (non-hydrogen) atoms. The molecule has 1 heterocycles. The highest BCUT2D eigenvalue weighted by Gasteiger charge is 2.12. The van der Waals surface area contributed by atoms with Gasteiger partial charge in [0.15, 0.2) is 0 Å². The fraction of sp³-hybridized carbons (Fsp3) is 0. The van der Waals surface area contributed by atoms with Crippen LogP contribution in [0.2, 0.25) is 0 Å². The fourth-order valence-corrected chi connectivity index (χ4v) is 3.36. The highest BCUT2D eigenvalue weighted by Crippen LogP contribution is 2.33. The van der Waals surface area contributed by atoms with Gasteiger partial charge in [0, 0.05) is 27.8 Å². The fourth-order valence-electron chi connectivity index (χ4n) is 3.36. The Morgan fingerprint density at radius 2 is 1.54 bits per heavy atom. The summed E-state index contributed by atoms with van der Waals surface area (Å²) in [6.07, 6.45) is 5.45. The van der Waals surface area contributed by atoms with Crippen molar-refractivity contribution in [3.8, 4) is 5.69 Å². The van der Waals surface area contributed by atoms with Crippen molar-refractivity contribution in [3.63, 3.8) is 0 Å². The summed E-state index contributed by atoms with van der Waals surface area (Å²) in [5.41, 5.74) is 5.51. The van der Waals surface area contributed by atoms with Crippen molar-refractivity contribution in [3.05, 3.63) is 110 Å². The van der Waals surface area contributed by atoms with E-state index in [-0.39, 0.29) is 0 Å². The molecule has 1 aromatic heterocycles. The molecule has 0 radical (unpaired) electrons. The summed E-state index contributed by atoms with van der Waals surface area (Å²) in [5, 5.41) is 5.86. The molecule has 0 spiro atoms. The molecule has 0 amide bonds. The highest BCUT2D eigenvalue weighted by molar-refractivity contribution is 6.10. The smallest absolute Gasteiger partial charge is 0.0542 e. The summed E-state index contributed by atoms with van der Waals surface area (Å²) in [7, 11) is 0. The number of rotatable bonds is 5. The van der Waals surface area contributed by atoms with Crippen molar-refractivity contribution >= 4 is 27.5 Å². The molecule has 1 N–H and O–H groups in total. The van der Waals surface area contributed by atoms with E-state index in [4.69, 9.17) is 0 Å². The molecule has 0 bridgehead atoms. The van der Waals surface area contributed by atoms with Crippen molar-refractivity contribution in [2.75, 3.05) is 5.32 Å². The molecule has 0 aliphatic carbocycles. The number of benzene rings is 3. The molecule has 4 aromatic rings. The number of nitrogens with one attached hydrogen (secondary N) is 1. The number of aromatic nitrogens is 1. The third-order valence-electron chi connectivity index (χ3n) is 4.49. The minimum Gasteiger partial charge on any atom is -0.356 e. The average Bonchev–Trinajstić information content (AvgIpc) is 3.02. The minimum absolute atomic E-state index is 0.922. The zero-order chi connectivity index (χ0) is 17.9. The number of nitrogens with zero attached hydrogens (tertiary/aromatic N) is 1. The highest BCUT2D eigenvalue weighted by atomic mass is 15.0. The number of hydrogen-bond donors (Lipinski definition) is 1. The normalized spacial score (nSPS) is 11.6. The van der Waals surface area contributed by atoms with Gasteiger partial charge in [0.1, 0.15) is 0 Å². The van der Waals surface area contributed by atoms with Crippen LogP contribution in [0.5, 0.6) is 0 Å². The molecule has 0 saturated heterocycles. The summed E-state index contributed by atoms with van der Waals surface area (Å²) in [6, 6.07) is 25.4. The van der Waals surface area contributed by atoms with E-state index in [1.54, 1.807) is 12.2 Å². The molecule has 0 fully saturated rings. The molecule has 0 aliphatic heterocycles. The van der Waals surface area contributed by atoms with Crippen molar-refractivity contribution in [2.24, 2.45) is 0 Å². The molecule has 0 aliphatic rings. The monoisotopic (exact) mass is 336 g/mol. The molecule has 4 rings (SSSR count). The molecular weight excluding hydrogens is 316 g/mol. The standard InChI is InChI=1S/C24H20N2/c1-3-10-18(4-2)25-19-15-16-24-22(17-19)21-13-8-9-14-23(21)26(24)20-11-6-5-7-12-20/h3-17,25H,1-2H2/b18-10+. The van der Waals surface area contributed by atoms with Gasteiger partial charge in [-0.25, -0.2) is 0 Å². The lowest BCUT2D eigenvalue weighted by molar-refractivity contribution is 1.18. The van der Waals surface area contributed by atoms with Crippen LogP contribution in [0.3, 0.4) is 0 Å². The molecular formula is C24H20N2. The van der Waals surface area contributed by atoms with Crippen molar-refractivity contribution in [1.82, 2.24) is 4.57 Å². The van der Waals surface area contributed by atoms with Crippen LogP contribution in [0.15, 0.2) is 110 Å². The predicted molar refractivity (Wildman–Crippen MR) is 113 cm³/mol. The van der Waals surface area contributed by atoms with E-state index in [9.17, 15) is 0 Å². The summed E-state index contributed by atoms with van der Waals surface area (Å²) < 4.78 is 2.31. The van der Waals surface area contributed by atoms with Crippen LogP contribution >= 0.6 is 0 Å². The molecule has 0 unspecified atom stereocenters. The van der Waals surface area contributed by atoms with Gasteiger partial charge in [0.25, 0.3) is 0 Å². The second kappa shape index (κ2) is 6.77. The summed E-state index contributed by atoms with van der Waals surface area (Å²) >= 11 is 0. The van der Waals surface area contributed by atoms with Crippen LogP contribution in [0.4, 0.5) is 5.69 Å². The van der Waals surface area contributed by atoms with E-state index >= 15 is 0 Å². The maximum atomic E-state index is 3.85. The second-order valence-corrected chi connectivity index (χ2v) is 6.11. The minimum atomic E-state index is 0.922. The third kappa shape index (κ3) is 2.72. The molecule has 0 atom stereocenters. The van der Waals surface area contributed by atoms with Crippen LogP contribution < -0.4 is 5.32 Å². The van der Waals surface area contributed by atoms with E-state index in [0.29, 0.717) is 0 Å². The maximum Gasteiger partial charge on any atom is 0.0542 e. The van der Waals surface area contributed by atoms with Gasteiger partial charge < -0.3 is 9.88 Å². The Balaban J connectivity index is 1.95. The van der Waals surface area contributed by atoms with Gasteiger partial charge in [-0.2, -0.15) is 0 Å². The zero-order valence-corrected chi connectivity index (χ0v) is 14.5. The van der Waals surface area contributed by atoms with Crippen molar-refractivity contribution in [1.29, 1.82) is 0 Å². The Kier molecular flexibility index (Phi) is 4.16. The van der Waals surface area contributed by atoms with Gasteiger partial charge >= 0.3 is 0 Å². The maximum absolute atomic E-state index is 3.85. The number of hydrogen-bond acceptors (Lipinski definition) is 1. The van der Waals surface area contributed by atoms with Crippen LogP contribution in [0, 0.1) is 0 Å². The Morgan fingerprint density at radius 1 is 0.808 bits per heavy atom. The third-order valence-corrected chi connectivity index (χ3v) is 4.49. The number of para-hydroxylation sites is 2. The van der Waals surface area contributed by atoms with E-state index in [2.05, 4.69) is 89.8 Å². The summed E-state index contributed by atoms with van der Waals surface area (Å²) in [4.78, 5) is 0. The zero-order valence-electron chi connectivity index (χ0n) is 14.5.